The fourth-order valence-corrected chi connectivity index (χ4v) is 2.80. The fourth-order valence-electron chi connectivity index (χ4n) is 2.09. The largest absolute Gasteiger partial charge is 0.493 e. The molecule has 0 radical (unpaired) electrons. The lowest BCUT2D eigenvalue weighted by Gasteiger charge is -2.14. The first-order chi connectivity index (χ1) is 11.7. The summed E-state index contributed by atoms with van der Waals surface area (Å²) in [6.07, 6.45) is 1.87. The van der Waals surface area contributed by atoms with E-state index in [9.17, 15) is 0 Å². The van der Waals surface area contributed by atoms with Gasteiger partial charge in [0.05, 0.1) is 20.3 Å². The molecule has 0 fully saturated rings. The Bertz CT molecular complexity index is 691. The number of nitrogens with one attached hydrogen (secondary N) is 2. The van der Waals surface area contributed by atoms with E-state index in [0.717, 1.165) is 17.2 Å². The SMILES string of the molecule is CCNC(=NCc1ncc(C)s1)Nc1ccc(OC)c(OCC)c1.I. The molecule has 0 saturated carbocycles. The Morgan fingerprint density at radius 2 is 2.08 bits per heavy atom. The molecule has 0 aliphatic heterocycles. The van der Waals surface area contributed by atoms with E-state index in [1.165, 1.54) is 4.88 Å². The number of anilines is 1. The van der Waals surface area contributed by atoms with E-state index in [2.05, 4.69) is 20.6 Å². The van der Waals surface area contributed by atoms with Crippen molar-refractivity contribution in [3.05, 3.63) is 34.3 Å². The van der Waals surface area contributed by atoms with Crippen LogP contribution in [-0.2, 0) is 6.54 Å². The van der Waals surface area contributed by atoms with Gasteiger partial charge in [0, 0.05) is 29.4 Å². The van der Waals surface area contributed by atoms with Gasteiger partial charge < -0.3 is 20.1 Å². The van der Waals surface area contributed by atoms with Crippen molar-refractivity contribution in [1.29, 1.82) is 0 Å². The minimum absolute atomic E-state index is 0. The fraction of sp³-hybridized carbons (Fsp3) is 0.412. The van der Waals surface area contributed by atoms with Crippen molar-refractivity contribution < 1.29 is 9.47 Å². The highest BCUT2D eigenvalue weighted by Crippen LogP contribution is 2.30. The first-order valence-corrected chi connectivity index (χ1v) is 8.75. The molecule has 8 heteroatoms. The standard InChI is InChI=1S/C17H24N4O2S.HI/c1-5-18-17(20-11-16-19-10-12(3)24-16)21-13-7-8-14(22-4)15(9-13)23-6-2;/h7-10H,5-6,11H2,1-4H3,(H2,18,20,21);1H. The number of nitrogens with zero attached hydrogens (tertiary/aromatic N) is 2. The van der Waals surface area contributed by atoms with E-state index in [0.29, 0.717) is 30.6 Å². The van der Waals surface area contributed by atoms with E-state index in [4.69, 9.17) is 9.47 Å². The van der Waals surface area contributed by atoms with Gasteiger partial charge in [-0.05, 0) is 32.9 Å². The summed E-state index contributed by atoms with van der Waals surface area (Å²) in [5, 5.41) is 7.51. The van der Waals surface area contributed by atoms with Crippen LogP contribution >= 0.6 is 35.3 Å². The molecule has 0 aliphatic rings. The van der Waals surface area contributed by atoms with Gasteiger partial charge in [0.15, 0.2) is 17.5 Å². The summed E-state index contributed by atoms with van der Waals surface area (Å²) in [6, 6.07) is 5.71. The first kappa shape index (κ1) is 21.5. The molecule has 0 bridgehead atoms. The third-order valence-corrected chi connectivity index (χ3v) is 4.01. The Morgan fingerprint density at radius 1 is 1.28 bits per heavy atom. The zero-order valence-electron chi connectivity index (χ0n) is 15.0. The van der Waals surface area contributed by atoms with Crippen molar-refractivity contribution in [2.75, 3.05) is 25.6 Å². The minimum Gasteiger partial charge on any atom is -0.493 e. The van der Waals surface area contributed by atoms with Crippen LogP contribution in [0.5, 0.6) is 11.5 Å². The molecule has 0 spiro atoms. The van der Waals surface area contributed by atoms with Crippen molar-refractivity contribution in [2.24, 2.45) is 4.99 Å². The third kappa shape index (κ3) is 6.69. The number of hydrogen-bond acceptors (Lipinski definition) is 5. The molecule has 2 aromatic rings. The topological polar surface area (TPSA) is 67.8 Å². The minimum atomic E-state index is 0. The number of rotatable bonds is 7. The maximum absolute atomic E-state index is 5.61. The van der Waals surface area contributed by atoms with Crippen molar-refractivity contribution in [3.63, 3.8) is 0 Å². The maximum Gasteiger partial charge on any atom is 0.196 e. The summed E-state index contributed by atoms with van der Waals surface area (Å²) >= 11 is 1.66. The third-order valence-electron chi connectivity index (χ3n) is 3.11. The molecule has 2 N–H and O–H groups in total. The lowest BCUT2D eigenvalue weighted by atomic mass is 10.2. The molecule has 1 aromatic carbocycles. The van der Waals surface area contributed by atoms with E-state index >= 15 is 0 Å². The quantitative estimate of drug-likeness (QED) is 0.359. The van der Waals surface area contributed by atoms with Crippen LogP contribution in [0.3, 0.4) is 0 Å². The van der Waals surface area contributed by atoms with Crippen LogP contribution in [0.2, 0.25) is 0 Å². The van der Waals surface area contributed by atoms with Gasteiger partial charge in [-0.15, -0.1) is 35.3 Å². The first-order valence-electron chi connectivity index (χ1n) is 7.93. The Hall–Kier alpha value is -1.55. The normalized spacial score (nSPS) is 10.8. The molecule has 0 saturated heterocycles. The van der Waals surface area contributed by atoms with Crippen molar-refractivity contribution >= 4 is 47.0 Å². The van der Waals surface area contributed by atoms with Crippen LogP contribution in [0.25, 0.3) is 0 Å². The van der Waals surface area contributed by atoms with Gasteiger partial charge in [-0.2, -0.15) is 0 Å². The average molecular weight is 476 g/mol. The van der Waals surface area contributed by atoms with Crippen molar-refractivity contribution in [2.45, 2.75) is 27.3 Å². The van der Waals surface area contributed by atoms with Gasteiger partial charge in [-0.1, -0.05) is 0 Å². The van der Waals surface area contributed by atoms with Gasteiger partial charge in [0.25, 0.3) is 0 Å². The highest BCUT2D eigenvalue weighted by atomic mass is 127. The molecule has 0 atom stereocenters. The molecule has 6 nitrogen and oxygen atoms in total. The highest BCUT2D eigenvalue weighted by molar-refractivity contribution is 14.0. The van der Waals surface area contributed by atoms with E-state index in [-0.39, 0.29) is 24.0 Å². The second kappa shape index (κ2) is 11.1. The number of methoxy groups -OCH3 is 1. The van der Waals surface area contributed by atoms with Crippen LogP contribution < -0.4 is 20.1 Å². The number of benzene rings is 1. The Kier molecular flexibility index (Phi) is 9.58. The number of ether oxygens (including phenoxy) is 2. The second-order valence-corrected chi connectivity index (χ2v) is 6.30. The number of guanidine groups is 1. The number of hydrogen-bond donors (Lipinski definition) is 2. The monoisotopic (exact) mass is 476 g/mol. The van der Waals surface area contributed by atoms with Crippen molar-refractivity contribution in [1.82, 2.24) is 10.3 Å². The van der Waals surface area contributed by atoms with Crippen LogP contribution in [0.4, 0.5) is 5.69 Å². The Labute approximate surface area is 170 Å². The Morgan fingerprint density at radius 3 is 2.68 bits per heavy atom. The molecule has 1 heterocycles. The second-order valence-electron chi connectivity index (χ2n) is 4.98. The predicted molar refractivity (Wildman–Crippen MR) is 115 cm³/mol. The smallest absolute Gasteiger partial charge is 0.196 e. The summed E-state index contributed by atoms with van der Waals surface area (Å²) in [6.45, 7) is 7.92. The Balaban J connectivity index is 0.00000312. The molecular formula is C17H25IN4O2S. The summed E-state index contributed by atoms with van der Waals surface area (Å²) in [4.78, 5) is 10.1. The van der Waals surface area contributed by atoms with Crippen LogP contribution in [0, 0.1) is 6.92 Å². The number of halogens is 1. The van der Waals surface area contributed by atoms with E-state index < -0.39 is 0 Å². The summed E-state index contributed by atoms with van der Waals surface area (Å²) < 4.78 is 10.9. The van der Waals surface area contributed by atoms with E-state index in [1.54, 1.807) is 18.4 Å². The molecule has 2 rings (SSSR count). The zero-order valence-corrected chi connectivity index (χ0v) is 18.1. The average Bonchev–Trinajstić information content (AvgIpc) is 2.99. The predicted octanol–water partition coefficient (Wildman–Crippen LogP) is 4.05. The lowest BCUT2D eigenvalue weighted by Crippen LogP contribution is -2.30. The van der Waals surface area contributed by atoms with Gasteiger partial charge in [0.1, 0.15) is 5.01 Å². The van der Waals surface area contributed by atoms with Crippen molar-refractivity contribution in [3.8, 4) is 11.5 Å². The molecule has 0 unspecified atom stereocenters. The zero-order chi connectivity index (χ0) is 17.4. The summed E-state index contributed by atoms with van der Waals surface area (Å²) in [5.41, 5.74) is 0.884. The number of thiazole rings is 1. The molecule has 138 valence electrons. The molecule has 1 aromatic heterocycles. The van der Waals surface area contributed by atoms with Crippen LogP contribution in [-0.4, -0.2) is 31.2 Å². The highest BCUT2D eigenvalue weighted by Gasteiger charge is 2.07. The molecule has 0 aliphatic carbocycles. The number of aromatic nitrogens is 1. The lowest BCUT2D eigenvalue weighted by molar-refractivity contribution is 0.311. The molecule has 0 amide bonds. The summed E-state index contributed by atoms with van der Waals surface area (Å²) in [5.74, 6) is 2.12. The number of aryl methyl sites for hydroxylation is 1. The number of aliphatic imine (C=N–C) groups is 1. The van der Waals surface area contributed by atoms with Gasteiger partial charge in [0.2, 0.25) is 0 Å². The summed E-state index contributed by atoms with van der Waals surface area (Å²) in [7, 11) is 1.63. The van der Waals surface area contributed by atoms with E-state index in [1.807, 2.05) is 45.2 Å². The molecule has 25 heavy (non-hydrogen) atoms. The van der Waals surface area contributed by atoms with Gasteiger partial charge >= 0.3 is 0 Å². The van der Waals surface area contributed by atoms with Gasteiger partial charge in [-0.3, -0.25) is 0 Å². The van der Waals surface area contributed by atoms with Crippen LogP contribution in [0.1, 0.15) is 23.7 Å². The van der Waals surface area contributed by atoms with Gasteiger partial charge in [-0.25, -0.2) is 9.98 Å². The molecular weight excluding hydrogens is 451 g/mol. The maximum atomic E-state index is 5.61. The van der Waals surface area contributed by atoms with Crippen LogP contribution in [0.15, 0.2) is 29.4 Å².